The molecule has 1 N–H and O–H groups in total. The van der Waals surface area contributed by atoms with Gasteiger partial charge in [-0.15, -0.1) is 0 Å². The number of hydrogen-bond acceptors (Lipinski definition) is 2. The lowest BCUT2D eigenvalue weighted by atomic mass is 9.96. The number of methoxy groups -OCH3 is 1. The monoisotopic (exact) mass is 255 g/mol. The highest BCUT2D eigenvalue weighted by Crippen LogP contribution is 2.21. The summed E-state index contributed by atoms with van der Waals surface area (Å²) in [5.41, 5.74) is 1.32. The van der Waals surface area contributed by atoms with Crippen LogP contribution < -0.4 is 5.32 Å². The SMILES string of the molecule is COCCC(CNC(C)C)c1ccc(Cl)cc1. The second kappa shape index (κ2) is 7.70. The quantitative estimate of drug-likeness (QED) is 0.806. The van der Waals surface area contributed by atoms with Crippen LogP contribution in [0.3, 0.4) is 0 Å². The first kappa shape index (κ1) is 14.5. The minimum atomic E-state index is 0.481. The van der Waals surface area contributed by atoms with E-state index in [0.29, 0.717) is 12.0 Å². The zero-order valence-corrected chi connectivity index (χ0v) is 11.6. The van der Waals surface area contributed by atoms with Crippen LogP contribution in [0.1, 0.15) is 31.7 Å². The van der Waals surface area contributed by atoms with Gasteiger partial charge in [0, 0.05) is 31.3 Å². The molecule has 0 amide bonds. The minimum Gasteiger partial charge on any atom is -0.385 e. The summed E-state index contributed by atoms with van der Waals surface area (Å²) in [5.74, 6) is 0.481. The number of halogens is 1. The average molecular weight is 256 g/mol. The Hall–Kier alpha value is -0.570. The summed E-state index contributed by atoms with van der Waals surface area (Å²) in [5, 5.41) is 4.27. The molecule has 0 heterocycles. The lowest BCUT2D eigenvalue weighted by molar-refractivity contribution is 0.186. The normalized spacial score (nSPS) is 13.0. The van der Waals surface area contributed by atoms with Crippen LogP contribution in [0.15, 0.2) is 24.3 Å². The third kappa shape index (κ3) is 5.53. The second-order valence-corrected chi connectivity index (χ2v) is 5.03. The van der Waals surface area contributed by atoms with Crippen molar-refractivity contribution in [1.29, 1.82) is 0 Å². The lowest BCUT2D eigenvalue weighted by Gasteiger charge is -2.19. The van der Waals surface area contributed by atoms with Gasteiger partial charge in [-0.05, 0) is 30.0 Å². The zero-order chi connectivity index (χ0) is 12.7. The smallest absolute Gasteiger partial charge is 0.0468 e. The Bertz CT molecular complexity index is 311. The average Bonchev–Trinajstić information content (AvgIpc) is 2.30. The van der Waals surface area contributed by atoms with Crippen molar-refractivity contribution >= 4 is 11.6 Å². The maximum Gasteiger partial charge on any atom is 0.0468 e. The van der Waals surface area contributed by atoms with Crippen molar-refractivity contribution in [3.63, 3.8) is 0 Å². The molecule has 1 rings (SSSR count). The van der Waals surface area contributed by atoms with Crippen LogP contribution in [0, 0.1) is 0 Å². The first-order chi connectivity index (χ1) is 8.13. The van der Waals surface area contributed by atoms with Gasteiger partial charge in [0.15, 0.2) is 0 Å². The van der Waals surface area contributed by atoms with Crippen molar-refractivity contribution in [2.45, 2.75) is 32.2 Å². The van der Waals surface area contributed by atoms with Gasteiger partial charge in [0.25, 0.3) is 0 Å². The molecule has 0 saturated heterocycles. The molecule has 0 spiro atoms. The van der Waals surface area contributed by atoms with E-state index in [1.807, 2.05) is 12.1 Å². The Kier molecular flexibility index (Phi) is 6.56. The highest BCUT2D eigenvalue weighted by molar-refractivity contribution is 6.30. The van der Waals surface area contributed by atoms with Crippen molar-refractivity contribution in [1.82, 2.24) is 5.32 Å². The number of ether oxygens (including phenoxy) is 1. The molecule has 0 fully saturated rings. The van der Waals surface area contributed by atoms with E-state index in [9.17, 15) is 0 Å². The molecule has 1 unspecified atom stereocenters. The molecule has 0 aliphatic carbocycles. The fraction of sp³-hybridized carbons (Fsp3) is 0.571. The summed E-state index contributed by atoms with van der Waals surface area (Å²) in [6, 6.07) is 8.61. The van der Waals surface area contributed by atoms with Crippen LogP contribution >= 0.6 is 11.6 Å². The highest BCUT2D eigenvalue weighted by atomic mass is 35.5. The molecule has 0 aromatic heterocycles. The molecule has 0 radical (unpaired) electrons. The van der Waals surface area contributed by atoms with Crippen LogP contribution in [0.4, 0.5) is 0 Å². The molecule has 17 heavy (non-hydrogen) atoms. The summed E-state index contributed by atoms with van der Waals surface area (Å²) < 4.78 is 5.17. The molecular formula is C14H22ClNO. The summed E-state index contributed by atoms with van der Waals surface area (Å²) in [6.07, 6.45) is 1.03. The van der Waals surface area contributed by atoms with Crippen LogP contribution in [-0.4, -0.2) is 26.3 Å². The zero-order valence-electron chi connectivity index (χ0n) is 10.9. The molecule has 0 aliphatic rings. The van der Waals surface area contributed by atoms with Crippen molar-refractivity contribution in [2.24, 2.45) is 0 Å². The van der Waals surface area contributed by atoms with Gasteiger partial charge in [-0.25, -0.2) is 0 Å². The molecule has 3 heteroatoms. The molecule has 0 aliphatic heterocycles. The van der Waals surface area contributed by atoms with E-state index < -0.39 is 0 Å². The highest BCUT2D eigenvalue weighted by Gasteiger charge is 2.11. The van der Waals surface area contributed by atoms with E-state index in [1.165, 1.54) is 5.56 Å². The first-order valence-electron chi connectivity index (χ1n) is 6.11. The maximum absolute atomic E-state index is 5.91. The lowest BCUT2D eigenvalue weighted by Crippen LogP contribution is -2.28. The second-order valence-electron chi connectivity index (χ2n) is 4.59. The van der Waals surface area contributed by atoms with Crippen molar-refractivity contribution < 1.29 is 4.74 Å². The summed E-state index contributed by atoms with van der Waals surface area (Å²) in [6.45, 7) is 6.08. The van der Waals surface area contributed by atoms with E-state index in [4.69, 9.17) is 16.3 Å². The van der Waals surface area contributed by atoms with Gasteiger partial charge in [0.2, 0.25) is 0 Å². The van der Waals surface area contributed by atoms with Crippen molar-refractivity contribution in [2.75, 3.05) is 20.3 Å². The van der Waals surface area contributed by atoms with Crippen LogP contribution in [0.2, 0.25) is 5.02 Å². The van der Waals surface area contributed by atoms with Gasteiger partial charge >= 0.3 is 0 Å². The topological polar surface area (TPSA) is 21.3 Å². The van der Waals surface area contributed by atoms with Gasteiger partial charge in [-0.3, -0.25) is 0 Å². The van der Waals surface area contributed by atoms with E-state index in [0.717, 1.165) is 24.6 Å². The summed E-state index contributed by atoms with van der Waals surface area (Å²) in [7, 11) is 1.74. The Balaban J connectivity index is 2.63. The van der Waals surface area contributed by atoms with E-state index in [1.54, 1.807) is 7.11 Å². The largest absolute Gasteiger partial charge is 0.385 e. The standard InChI is InChI=1S/C14H22ClNO/c1-11(2)16-10-13(8-9-17-3)12-4-6-14(15)7-5-12/h4-7,11,13,16H,8-10H2,1-3H3. The predicted octanol–water partition coefficient (Wildman–Crippen LogP) is 3.46. The van der Waals surface area contributed by atoms with E-state index >= 15 is 0 Å². The number of benzene rings is 1. The van der Waals surface area contributed by atoms with Crippen LogP contribution in [0.25, 0.3) is 0 Å². The van der Waals surface area contributed by atoms with Gasteiger partial charge in [0.1, 0.15) is 0 Å². The first-order valence-corrected chi connectivity index (χ1v) is 6.49. The molecule has 1 aromatic rings. The van der Waals surface area contributed by atoms with Gasteiger partial charge < -0.3 is 10.1 Å². The molecule has 0 saturated carbocycles. The van der Waals surface area contributed by atoms with Crippen LogP contribution in [0.5, 0.6) is 0 Å². The predicted molar refractivity (Wildman–Crippen MR) is 73.8 cm³/mol. The molecule has 1 aromatic carbocycles. The Morgan fingerprint density at radius 1 is 1.24 bits per heavy atom. The fourth-order valence-electron chi connectivity index (χ4n) is 1.76. The minimum absolute atomic E-state index is 0.481. The van der Waals surface area contributed by atoms with E-state index in [-0.39, 0.29) is 0 Å². The molecule has 0 bridgehead atoms. The number of hydrogen-bond donors (Lipinski definition) is 1. The number of rotatable bonds is 7. The maximum atomic E-state index is 5.91. The van der Waals surface area contributed by atoms with Gasteiger partial charge in [-0.1, -0.05) is 37.6 Å². The fourth-order valence-corrected chi connectivity index (χ4v) is 1.89. The Labute approximate surface area is 109 Å². The third-order valence-electron chi connectivity index (χ3n) is 2.78. The van der Waals surface area contributed by atoms with Crippen molar-refractivity contribution in [3.8, 4) is 0 Å². The Morgan fingerprint density at radius 2 is 1.88 bits per heavy atom. The van der Waals surface area contributed by atoms with Gasteiger partial charge in [0.05, 0.1) is 0 Å². The van der Waals surface area contributed by atoms with Crippen LogP contribution in [-0.2, 0) is 4.74 Å². The van der Waals surface area contributed by atoms with Gasteiger partial charge in [-0.2, -0.15) is 0 Å². The summed E-state index contributed by atoms with van der Waals surface area (Å²) >= 11 is 5.91. The molecule has 2 nitrogen and oxygen atoms in total. The summed E-state index contributed by atoms with van der Waals surface area (Å²) in [4.78, 5) is 0. The number of nitrogens with one attached hydrogen (secondary N) is 1. The van der Waals surface area contributed by atoms with E-state index in [2.05, 4.69) is 31.3 Å². The molecular weight excluding hydrogens is 234 g/mol. The molecule has 1 atom stereocenters. The van der Waals surface area contributed by atoms with Crippen molar-refractivity contribution in [3.05, 3.63) is 34.9 Å². The Morgan fingerprint density at radius 3 is 2.41 bits per heavy atom. The third-order valence-corrected chi connectivity index (χ3v) is 3.04. The molecule has 96 valence electrons.